The van der Waals surface area contributed by atoms with Gasteiger partial charge in [-0.05, 0) is 49.3 Å². The van der Waals surface area contributed by atoms with Crippen LogP contribution in [0.25, 0.3) is 0 Å². The number of hydrogen-bond donors (Lipinski definition) is 3. The smallest absolute Gasteiger partial charge is 0.269 e. The van der Waals surface area contributed by atoms with Crippen molar-refractivity contribution in [2.24, 2.45) is 5.92 Å². The maximum atomic E-state index is 11.8. The minimum absolute atomic E-state index is 0.249. The van der Waals surface area contributed by atoms with Gasteiger partial charge in [0.05, 0.1) is 6.61 Å². The number of rotatable bonds is 5. The lowest BCUT2D eigenvalue weighted by Crippen LogP contribution is -2.46. The Morgan fingerprint density at radius 3 is 2.45 bits per heavy atom. The highest BCUT2D eigenvalue weighted by Gasteiger charge is 2.06. The first-order chi connectivity index (χ1) is 9.52. The molecule has 5 nitrogen and oxygen atoms in total. The van der Waals surface area contributed by atoms with Crippen molar-refractivity contribution < 1.29 is 9.53 Å². The highest BCUT2D eigenvalue weighted by molar-refractivity contribution is 7.80. The minimum atomic E-state index is -0.249. The Hall–Kier alpha value is -1.82. The molecule has 0 radical (unpaired) electrons. The van der Waals surface area contributed by atoms with Gasteiger partial charge in [-0.1, -0.05) is 13.8 Å². The minimum Gasteiger partial charge on any atom is -0.493 e. The van der Waals surface area contributed by atoms with Crippen LogP contribution < -0.4 is 20.9 Å². The van der Waals surface area contributed by atoms with Gasteiger partial charge in [-0.3, -0.25) is 15.6 Å². The van der Waals surface area contributed by atoms with Crippen molar-refractivity contribution in [1.29, 1.82) is 0 Å². The number of benzene rings is 1. The number of carbonyl (C=O) groups excluding carboxylic acids is 1. The van der Waals surface area contributed by atoms with Crippen molar-refractivity contribution in [3.63, 3.8) is 0 Å². The molecule has 0 bridgehead atoms. The molecule has 0 unspecified atom stereocenters. The first-order valence-electron chi connectivity index (χ1n) is 6.60. The molecule has 0 aromatic heterocycles. The maximum absolute atomic E-state index is 11.8. The molecular weight excluding hydrogens is 274 g/mol. The fourth-order valence-electron chi connectivity index (χ4n) is 1.36. The zero-order valence-electron chi connectivity index (χ0n) is 12.0. The molecule has 0 atom stereocenters. The molecule has 3 N–H and O–H groups in total. The molecule has 0 saturated carbocycles. The quantitative estimate of drug-likeness (QED) is 0.571. The van der Waals surface area contributed by atoms with Crippen molar-refractivity contribution in [3.05, 3.63) is 29.8 Å². The summed E-state index contributed by atoms with van der Waals surface area (Å²) in [7, 11) is 0. The standard InChI is InChI=1S/C14H21N3O2S/c1-4-15-14(20)17-16-13(18)11-5-7-12(8-6-11)19-9-10(2)3/h5-8,10H,4,9H2,1-3H3,(H,16,18)(H2,15,17,20). The van der Waals surface area contributed by atoms with E-state index in [0.717, 1.165) is 5.75 Å². The Morgan fingerprint density at radius 1 is 1.25 bits per heavy atom. The van der Waals surface area contributed by atoms with E-state index in [9.17, 15) is 4.79 Å². The summed E-state index contributed by atoms with van der Waals surface area (Å²) in [5.41, 5.74) is 5.68. The first kappa shape index (κ1) is 16.2. The van der Waals surface area contributed by atoms with E-state index >= 15 is 0 Å². The molecule has 0 heterocycles. The van der Waals surface area contributed by atoms with E-state index in [1.165, 1.54) is 0 Å². The summed E-state index contributed by atoms with van der Waals surface area (Å²) in [6.07, 6.45) is 0. The number of carbonyl (C=O) groups is 1. The third-order valence-electron chi connectivity index (χ3n) is 2.33. The van der Waals surface area contributed by atoms with Gasteiger partial charge >= 0.3 is 0 Å². The van der Waals surface area contributed by atoms with Gasteiger partial charge in [-0.15, -0.1) is 0 Å². The summed E-state index contributed by atoms with van der Waals surface area (Å²) in [6.45, 7) is 7.45. The molecule has 1 amide bonds. The van der Waals surface area contributed by atoms with Crippen LogP contribution in [0.3, 0.4) is 0 Å². The predicted molar refractivity (Wildman–Crippen MR) is 83.7 cm³/mol. The Morgan fingerprint density at radius 2 is 1.90 bits per heavy atom. The molecule has 110 valence electrons. The van der Waals surface area contributed by atoms with E-state index in [1.54, 1.807) is 24.3 Å². The maximum Gasteiger partial charge on any atom is 0.269 e. The number of hydrogen-bond acceptors (Lipinski definition) is 3. The van der Waals surface area contributed by atoms with Crippen LogP contribution in [0.15, 0.2) is 24.3 Å². The summed E-state index contributed by atoms with van der Waals surface area (Å²) in [5, 5.41) is 3.26. The second-order valence-electron chi connectivity index (χ2n) is 4.67. The zero-order valence-corrected chi connectivity index (χ0v) is 12.8. The van der Waals surface area contributed by atoms with Crippen LogP contribution in [0.4, 0.5) is 0 Å². The van der Waals surface area contributed by atoms with E-state index in [2.05, 4.69) is 30.0 Å². The second kappa shape index (κ2) is 8.37. The number of hydrazine groups is 1. The number of ether oxygens (including phenoxy) is 1. The van der Waals surface area contributed by atoms with Crippen LogP contribution in [0, 0.1) is 5.92 Å². The Bertz CT molecular complexity index is 446. The van der Waals surface area contributed by atoms with E-state index in [0.29, 0.717) is 29.7 Å². The van der Waals surface area contributed by atoms with Crippen LogP contribution in [0.2, 0.25) is 0 Å². The van der Waals surface area contributed by atoms with Crippen LogP contribution >= 0.6 is 12.2 Å². The Labute approximate surface area is 125 Å². The molecule has 1 aromatic rings. The largest absolute Gasteiger partial charge is 0.493 e. The van der Waals surface area contributed by atoms with E-state index < -0.39 is 0 Å². The molecule has 0 aliphatic heterocycles. The van der Waals surface area contributed by atoms with Gasteiger partial charge in [0.1, 0.15) is 5.75 Å². The van der Waals surface area contributed by atoms with E-state index in [-0.39, 0.29) is 5.91 Å². The third-order valence-corrected chi connectivity index (χ3v) is 2.57. The summed E-state index contributed by atoms with van der Waals surface area (Å²) >= 11 is 4.94. The van der Waals surface area contributed by atoms with Crippen LogP contribution in [-0.2, 0) is 0 Å². The molecule has 0 aliphatic carbocycles. The van der Waals surface area contributed by atoms with Crippen LogP contribution in [0.1, 0.15) is 31.1 Å². The topological polar surface area (TPSA) is 62.4 Å². The summed E-state index contributed by atoms with van der Waals surface area (Å²) in [5.74, 6) is 0.973. The number of nitrogens with one attached hydrogen (secondary N) is 3. The van der Waals surface area contributed by atoms with Gasteiger partial charge < -0.3 is 10.1 Å². The van der Waals surface area contributed by atoms with Crippen LogP contribution in [0.5, 0.6) is 5.75 Å². The van der Waals surface area contributed by atoms with Gasteiger partial charge in [0.15, 0.2) is 5.11 Å². The predicted octanol–water partition coefficient (Wildman–Crippen LogP) is 1.85. The average Bonchev–Trinajstić information content (AvgIpc) is 2.43. The lowest BCUT2D eigenvalue weighted by molar-refractivity contribution is 0.0943. The van der Waals surface area contributed by atoms with E-state index in [4.69, 9.17) is 17.0 Å². The Kier molecular flexibility index (Phi) is 6.79. The van der Waals surface area contributed by atoms with Gasteiger partial charge in [0.2, 0.25) is 0 Å². The SMILES string of the molecule is CCNC(=S)NNC(=O)c1ccc(OCC(C)C)cc1. The fraction of sp³-hybridized carbons (Fsp3) is 0.429. The first-order valence-corrected chi connectivity index (χ1v) is 7.00. The highest BCUT2D eigenvalue weighted by atomic mass is 32.1. The lowest BCUT2D eigenvalue weighted by atomic mass is 10.2. The highest BCUT2D eigenvalue weighted by Crippen LogP contribution is 2.13. The van der Waals surface area contributed by atoms with Gasteiger partial charge in [0.25, 0.3) is 5.91 Å². The molecular formula is C14H21N3O2S. The second-order valence-corrected chi connectivity index (χ2v) is 5.08. The Balaban J connectivity index is 2.47. The molecule has 6 heteroatoms. The van der Waals surface area contributed by atoms with Crippen molar-refractivity contribution >= 4 is 23.2 Å². The van der Waals surface area contributed by atoms with E-state index in [1.807, 2.05) is 6.92 Å². The molecule has 0 fully saturated rings. The monoisotopic (exact) mass is 295 g/mol. The van der Waals surface area contributed by atoms with Gasteiger partial charge in [-0.25, -0.2) is 0 Å². The van der Waals surface area contributed by atoms with Crippen molar-refractivity contribution in [1.82, 2.24) is 16.2 Å². The third kappa shape index (κ3) is 5.88. The molecule has 1 rings (SSSR count). The summed E-state index contributed by atoms with van der Waals surface area (Å²) < 4.78 is 5.55. The summed E-state index contributed by atoms with van der Waals surface area (Å²) in [4.78, 5) is 11.8. The molecule has 20 heavy (non-hydrogen) atoms. The molecule has 1 aromatic carbocycles. The van der Waals surface area contributed by atoms with Gasteiger partial charge in [-0.2, -0.15) is 0 Å². The summed E-state index contributed by atoms with van der Waals surface area (Å²) in [6, 6.07) is 6.98. The van der Waals surface area contributed by atoms with Crippen molar-refractivity contribution in [2.45, 2.75) is 20.8 Å². The van der Waals surface area contributed by atoms with Gasteiger partial charge in [0, 0.05) is 12.1 Å². The fourth-order valence-corrected chi connectivity index (χ4v) is 1.55. The molecule has 0 aliphatic rings. The van der Waals surface area contributed by atoms with Crippen molar-refractivity contribution in [2.75, 3.05) is 13.2 Å². The van der Waals surface area contributed by atoms with Crippen LogP contribution in [-0.4, -0.2) is 24.2 Å². The normalized spacial score (nSPS) is 10.0. The molecule has 0 saturated heterocycles. The molecule has 0 spiro atoms. The zero-order chi connectivity index (χ0) is 15.0. The number of thiocarbonyl (C=S) groups is 1. The average molecular weight is 295 g/mol. The lowest BCUT2D eigenvalue weighted by Gasteiger charge is -2.11. The number of amides is 1. The van der Waals surface area contributed by atoms with Crippen molar-refractivity contribution in [3.8, 4) is 5.75 Å².